The Morgan fingerprint density at radius 1 is 1.46 bits per heavy atom. The van der Waals surface area contributed by atoms with Gasteiger partial charge in [0.25, 0.3) is 5.24 Å². The second-order valence-corrected chi connectivity index (χ2v) is 2.84. The minimum absolute atomic E-state index is 0.216. The molecule has 1 aromatic rings. The quantitative estimate of drug-likeness (QED) is 0.569. The Kier molecular flexibility index (Phi) is 2.95. The number of carbonyl (C=O) groups is 1. The lowest BCUT2D eigenvalue weighted by Gasteiger charge is -2.00. The Bertz CT molecular complexity index is 381. The smallest absolute Gasteiger partial charge is 0.256 e. The van der Waals surface area contributed by atoms with Gasteiger partial charge in [0.2, 0.25) is 0 Å². The lowest BCUT2D eigenvalue weighted by Crippen LogP contribution is -1.95. The van der Waals surface area contributed by atoms with E-state index in [-0.39, 0.29) is 10.7 Å². The van der Waals surface area contributed by atoms with Crippen molar-refractivity contribution in [3.05, 3.63) is 33.4 Å². The maximum absolute atomic E-state index is 12.9. The highest BCUT2D eigenvalue weighted by atomic mass is 35.5. The standard InChI is InChI=1S/C7H2Cl2FNO2/c8-6-4(11-13)2-1-3(10)5(6)7(9)12/h1-2H. The molecular weight excluding hydrogens is 220 g/mol. The molecule has 0 bridgehead atoms. The van der Waals surface area contributed by atoms with Crippen molar-refractivity contribution in [2.24, 2.45) is 5.18 Å². The van der Waals surface area contributed by atoms with Crippen molar-refractivity contribution in [1.82, 2.24) is 0 Å². The Morgan fingerprint density at radius 3 is 2.54 bits per heavy atom. The van der Waals surface area contributed by atoms with Gasteiger partial charge in [0, 0.05) is 0 Å². The number of halogens is 3. The predicted molar refractivity (Wildman–Crippen MR) is 47.0 cm³/mol. The molecule has 0 aliphatic rings. The number of hydrogen-bond donors (Lipinski definition) is 0. The van der Waals surface area contributed by atoms with E-state index in [1.165, 1.54) is 0 Å². The van der Waals surface area contributed by atoms with Gasteiger partial charge in [0.1, 0.15) is 11.5 Å². The molecule has 0 atom stereocenters. The fourth-order valence-corrected chi connectivity index (χ4v) is 1.30. The van der Waals surface area contributed by atoms with Crippen LogP contribution >= 0.6 is 23.2 Å². The molecule has 1 aromatic carbocycles. The zero-order valence-corrected chi connectivity index (χ0v) is 7.56. The molecule has 0 unspecified atom stereocenters. The van der Waals surface area contributed by atoms with Gasteiger partial charge in [-0.05, 0) is 28.9 Å². The minimum atomic E-state index is -1.06. The second-order valence-electron chi connectivity index (χ2n) is 2.12. The van der Waals surface area contributed by atoms with Crippen LogP contribution in [0.3, 0.4) is 0 Å². The van der Waals surface area contributed by atoms with Crippen LogP contribution in [0.1, 0.15) is 10.4 Å². The molecule has 0 aliphatic heterocycles. The average Bonchev–Trinajstić information content (AvgIpc) is 2.04. The molecule has 0 radical (unpaired) electrons. The van der Waals surface area contributed by atoms with Crippen LogP contribution in [0.15, 0.2) is 17.3 Å². The largest absolute Gasteiger partial charge is 0.275 e. The maximum atomic E-state index is 12.9. The summed E-state index contributed by atoms with van der Waals surface area (Å²) in [5.74, 6) is -0.877. The van der Waals surface area contributed by atoms with Crippen LogP contribution in [0.5, 0.6) is 0 Å². The van der Waals surface area contributed by atoms with E-state index >= 15 is 0 Å². The van der Waals surface area contributed by atoms with Gasteiger partial charge in [-0.15, -0.1) is 4.91 Å². The van der Waals surface area contributed by atoms with Crippen molar-refractivity contribution in [1.29, 1.82) is 0 Å². The number of carbonyl (C=O) groups excluding carboxylic acids is 1. The van der Waals surface area contributed by atoms with Crippen LogP contribution in [-0.4, -0.2) is 5.24 Å². The van der Waals surface area contributed by atoms with Crippen LogP contribution < -0.4 is 0 Å². The summed E-state index contributed by atoms with van der Waals surface area (Å²) in [7, 11) is 0. The van der Waals surface area contributed by atoms with Crippen molar-refractivity contribution in [3.8, 4) is 0 Å². The second kappa shape index (κ2) is 3.81. The van der Waals surface area contributed by atoms with Gasteiger partial charge in [-0.2, -0.15) is 0 Å². The SMILES string of the molecule is O=Nc1ccc(F)c(C(=O)Cl)c1Cl. The number of hydrogen-bond acceptors (Lipinski definition) is 3. The molecule has 0 fully saturated rings. The van der Waals surface area contributed by atoms with Crippen molar-refractivity contribution >= 4 is 34.1 Å². The van der Waals surface area contributed by atoms with Gasteiger partial charge >= 0.3 is 0 Å². The molecule has 13 heavy (non-hydrogen) atoms. The van der Waals surface area contributed by atoms with Gasteiger partial charge in [0.15, 0.2) is 0 Å². The maximum Gasteiger partial charge on any atom is 0.256 e. The third kappa shape index (κ3) is 1.84. The van der Waals surface area contributed by atoms with E-state index < -0.39 is 16.6 Å². The lowest BCUT2D eigenvalue weighted by molar-refractivity contribution is 0.107. The summed E-state index contributed by atoms with van der Waals surface area (Å²) in [6.07, 6.45) is 0. The van der Waals surface area contributed by atoms with E-state index in [0.717, 1.165) is 12.1 Å². The molecule has 0 aromatic heterocycles. The summed E-state index contributed by atoms with van der Waals surface area (Å²) in [6.45, 7) is 0. The molecule has 0 heterocycles. The summed E-state index contributed by atoms with van der Waals surface area (Å²) >= 11 is 10.5. The van der Waals surface area contributed by atoms with Gasteiger partial charge in [0.05, 0.1) is 10.6 Å². The predicted octanol–water partition coefficient (Wildman–Crippen LogP) is 3.26. The van der Waals surface area contributed by atoms with Crippen molar-refractivity contribution in [3.63, 3.8) is 0 Å². The highest BCUT2D eigenvalue weighted by Gasteiger charge is 2.17. The topological polar surface area (TPSA) is 46.5 Å². The van der Waals surface area contributed by atoms with E-state index in [0.29, 0.717) is 0 Å². The molecule has 1 rings (SSSR count). The summed E-state index contributed by atoms with van der Waals surface area (Å²) in [5, 5.41) is 1.07. The third-order valence-corrected chi connectivity index (χ3v) is 1.94. The number of nitrogens with zero attached hydrogens (tertiary/aromatic N) is 1. The van der Waals surface area contributed by atoms with Crippen LogP contribution in [-0.2, 0) is 0 Å². The molecular formula is C7H2Cl2FNO2. The summed E-state index contributed by atoms with van der Waals surface area (Å²) < 4.78 is 12.9. The van der Waals surface area contributed by atoms with Crippen LogP contribution in [0.2, 0.25) is 5.02 Å². The van der Waals surface area contributed by atoms with Gasteiger partial charge in [-0.3, -0.25) is 4.79 Å². The van der Waals surface area contributed by atoms with Crippen molar-refractivity contribution < 1.29 is 9.18 Å². The van der Waals surface area contributed by atoms with Crippen LogP contribution in [0.4, 0.5) is 10.1 Å². The van der Waals surface area contributed by atoms with Gasteiger partial charge in [-0.1, -0.05) is 11.6 Å². The lowest BCUT2D eigenvalue weighted by atomic mass is 10.2. The summed E-state index contributed by atoms with van der Waals surface area (Å²) in [6, 6.07) is 1.96. The molecule has 3 nitrogen and oxygen atoms in total. The van der Waals surface area contributed by atoms with Gasteiger partial charge < -0.3 is 0 Å². The minimum Gasteiger partial charge on any atom is -0.275 e. The fraction of sp³-hybridized carbons (Fsp3) is 0. The molecule has 0 amide bonds. The summed E-state index contributed by atoms with van der Waals surface area (Å²) in [5.41, 5.74) is -0.743. The molecule has 0 spiro atoms. The fourth-order valence-electron chi connectivity index (χ4n) is 0.792. The van der Waals surface area contributed by atoms with E-state index in [1.807, 2.05) is 0 Å². The Balaban J connectivity index is 3.47. The zero-order valence-electron chi connectivity index (χ0n) is 6.05. The Morgan fingerprint density at radius 2 is 2.08 bits per heavy atom. The first-order chi connectivity index (χ1) is 6.07. The molecule has 0 aliphatic carbocycles. The monoisotopic (exact) mass is 221 g/mol. The first-order valence-electron chi connectivity index (χ1n) is 3.09. The van der Waals surface area contributed by atoms with Crippen LogP contribution in [0, 0.1) is 10.7 Å². The van der Waals surface area contributed by atoms with E-state index in [2.05, 4.69) is 5.18 Å². The Hall–Kier alpha value is -1.00. The first-order valence-corrected chi connectivity index (χ1v) is 3.84. The first kappa shape index (κ1) is 10.1. The number of benzene rings is 1. The van der Waals surface area contributed by atoms with Gasteiger partial charge in [-0.25, -0.2) is 4.39 Å². The third-order valence-electron chi connectivity index (χ3n) is 1.37. The molecule has 0 saturated heterocycles. The zero-order chi connectivity index (χ0) is 10.0. The number of rotatable bonds is 2. The molecule has 6 heteroatoms. The summed E-state index contributed by atoms with van der Waals surface area (Å²) in [4.78, 5) is 20.8. The van der Waals surface area contributed by atoms with Crippen molar-refractivity contribution in [2.75, 3.05) is 0 Å². The normalized spacial score (nSPS) is 9.77. The van der Waals surface area contributed by atoms with E-state index in [9.17, 15) is 14.1 Å². The van der Waals surface area contributed by atoms with Crippen LogP contribution in [0.25, 0.3) is 0 Å². The van der Waals surface area contributed by atoms with E-state index in [1.54, 1.807) is 0 Å². The molecule has 0 N–H and O–H groups in total. The number of nitroso groups, excluding NO2 is 1. The van der Waals surface area contributed by atoms with E-state index in [4.69, 9.17) is 23.2 Å². The average molecular weight is 222 g/mol. The van der Waals surface area contributed by atoms with Crippen molar-refractivity contribution in [2.45, 2.75) is 0 Å². The highest BCUT2D eigenvalue weighted by molar-refractivity contribution is 6.69. The Labute approximate surface area is 82.4 Å². The molecule has 0 saturated carbocycles. The molecule has 68 valence electrons. The highest BCUT2D eigenvalue weighted by Crippen LogP contribution is 2.31.